The van der Waals surface area contributed by atoms with E-state index >= 15 is 0 Å². The van der Waals surface area contributed by atoms with Gasteiger partial charge in [-0.15, -0.1) is 0 Å². The van der Waals surface area contributed by atoms with Crippen LogP contribution in [0.25, 0.3) is 0 Å². The highest BCUT2D eigenvalue weighted by Gasteiger charge is 2.54. The minimum absolute atomic E-state index is 0.0813. The van der Waals surface area contributed by atoms with Crippen molar-refractivity contribution in [1.29, 1.82) is 0 Å². The first-order valence-corrected chi connectivity index (χ1v) is 9.91. The van der Waals surface area contributed by atoms with Gasteiger partial charge >= 0.3 is 11.9 Å². The summed E-state index contributed by atoms with van der Waals surface area (Å²) in [6.07, 6.45) is -2.25. The van der Waals surface area contributed by atoms with Crippen LogP contribution in [0.2, 0.25) is 0 Å². The molecule has 2 aromatic rings. The number of aliphatic hydroxyl groups excluding tert-OH is 1. The third-order valence-corrected chi connectivity index (χ3v) is 5.59. The fraction of sp³-hybridized carbons (Fsp3) is 0.364. The summed E-state index contributed by atoms with van der Waals surface area (Å²) in [7, 11) is 0. The van der Waals surface area contributed by atoms with E-state index in [9.17, 15) is 14.7 Å². The van der Waals surface area contributed by atoms with E-state index in [1.165, 1.54) is 0 Å². The number of ether oxygens (including phenoxy) is 6. The highest BCUT2D eigenvalue weighted by Crippen LogP contribution is 2.48. The summed E-state index contributed by atoms with van der Waals surface area (Å²) in [5, 5.41) is 11.1. The van der Waals surface area contributed by atoms with Crippen molar-refractivity contribution in [2.75, 3.05) is 20.2 Å². The zero-order chi connectivity index (χ0) is 21.5. The van der Waals surface area contributed by atoms with Crippen molar-refractivity contribution >= 4 is 11.9 Å². The molecule has 3 aliphatic heterocycles. The molecule has 1 saturated heterocycles. The molecule has 162 valence electrons. The maximum Gasteiger partial charge on any atom is 0.314 e. The van der Waals surface area contributed by atoms with Crippen LogP contribution in [0.3, 0.4) is 0 Å². The summed E-state index contributed by atoms with van der Waals surface area (Å²) in [4.78, 5) is 25.7. The van der Waals surface area contributed by atoms with Gasteiger partial charge in [-0.05, 0) is 42.3 Å². The number of cyclic esters (lactones) is 1. The minimum Gasteiger partial charge on any atom is -0.466 e. The van der Waals surface area contributed by atoms with Crippen LogP contribution in [0.15, 0.2) is 36.4 Å². The zero-order valence-electron chi connectivity index (χ0n) is 16.6. The second kappa shape index (κ2) is 7.66. The lowest BCUT2D eigenvalue weighted by Gasteiger charge is -2.23. The third-order valence-electron chi connectivity index (χ3n) is 5.59. The number of esters is 2. The normalized spacial score (nSPS) is 24.1. The smallest absolute Gasteiger partial charge is 0.314 e. The van der Waals surface area contributed by atoms with Gasteiger partial charge in [0.25, 0.3) is 0 Å². The van der Waals surface area contributed by atoms with E-state index in [4.69, 9.17) is 28.4 Å². The van der Waals surface area contributed by atoms with Crippen molar-refractivity contribution in [3.05, 3.63) is 47.5 Å². The van der Waals surface area contributed by atoms with Crippen LogP contribution in [0.1, 0.15) is 30.3 Å². The number of benzene rings is 2. The van der Waals surface area contributed by atoms with Gasteiger partial charge < -0.3 is 33.5 Å². The molecule has 0 aromatic heterocycles. The Morgan fingerprint density at radius 2 is 1.68 bits per heavy atom. The summed E-state index contributed by atoms with van der Waals surface area (Å²) in [6.45, 7) is 1.98. The second-order valence-corrected chi connectivity index (χ2v) is 7.33. The van der Waals surface area contributed by atoms with Crippen LogP contribution < -0.4 is 18.9 Å². The Bertz CT molecular complexity index is 1030. The molecule has 9 nitrogen and oxygen atoms in total. The minimum atomic E-state index is -1.31. The Labute approximate surface area is 177 Å². The Hall–Kier alpha value is -3.46. The van der Waals surface area contributed by atoms with Crippen LogP contribution >= 0.6 is 0 Å². The Kier molecular flexibility index (Phi) is 4.82. The second-order valence-electron chi connectivity index (χ2n) is 7.33. The van der Waals surface area contributed by atoms with Gasteiger partial charge in [-0.2, -0.15) is 0 Å². The van der Waals surface area contributed by atoms with Crippen LogP contribution in [-0.4, -0.2) is 37.2 Å². The average Bonchev–Trinajstić information content (AvgIpc) is 3.50. The average molecular weight is 428 g/mol. The molecule has 1 N–H and O–H groups in total. The Morgan fingerprint density at radius 3 is 2.39 bits per heavy atom. The molecule has 0 amide bonds. The van der Waals surface area contributed by atoms with Crippen molar-refractivity contribution in [3.8, 4) is 23.0 Å². The standard InChI is InChI=1S/C22H20O9/c1-2-26-21(24)18-17(19(23)11-3-5-13-15(7-11)29-9-27-13)22(25)31-20(18)12-4-6-14-16(8-12)30-10-28-14/h3-8,17-20,23H,2,9-10H2,1H3/t17-,18+,19+,20+/m1/s1. The summed E-state index contributed by atoms with van der Waals surface area (Å²) in [6, 6.07) is 9.93. The zero-order valence-corrected chi connectivity index (χ0v) is 16.6. The monoisotopic (exact) mass is 428 g/mol. The predicted octanol–water partition coefficient (Wildman–Crippen LogP) is 2.27. The maximum absolute atomic E-state index is 12.9. The van der Waals surface area contributed by atoms with E-state index < -0.39 is 36.0 Å². The molecule has 0 bridgehead atoms. The summed E-state index contributed by atoms with van der Waals surface area (Å²) >= 11 is 0. The number of carbonyl (C=O) groups excluding carboxylic acids is 2. The van der Waals surface area contributed by atoms with Gasteiger partial charge in [0, 0.05) is 0 Å². The highest BCUT2D eigenvalue weighted by molar-refractivity contribution is 5.86. The molecular formula is C22H20O9. The van der Waals surface area contributed by atoms with Crippen LogP contribution in [0.4, 0.5) is 0 Å². The lowest BCUT2D eigenvalue weighted by Crippen LogP contribution is -2.32. The van der Waals surface area contributed by atoms with Gasteiger partial charge in [-0.25, -0.2) is 0 Å². The fourth-order valence-corrected chi connectivity index (χ4v) is 4.12. The Balaban J connectivity index is 1.50. The predicted molar refractivity (Wildman–Crippen MR) is 103 cm³/mol. The van der Waals surface area contributed by atoms with E-state index in [0.29, 0.717) is 34.1 Å². The molecule has 2 aromatic carbocycles. The molecule has 0 aliphatic carbocycles. The van der Waals surface area contributed by atoms with E-state index in [2.05, 4.69) is 0 Å². The lowest BCUT2D eigenvalue weighted by molar-refractivity contribution is -0.153. The lowest BCUT2D eigenvalue weighted by atomic mass is 9.81. The third kappa shape index (κ3) is 3.31. The van der Waals surface area contributed by atoms with E-state index in [-0.39, 0.29) is 20.2 Å². The molecule has 1 fully saturated rings. The maximum atomic E-state index is 12.9. The fourth-order valence-electron chi connectivity index (χ4n) is 4.12. The molecule has 4 atom stereocenters. The summed E-state index contributed by atoms with van der Waals surface area (Å²) < 4.78 is 32.2. The van der Waals surface area contributed by atoms with E-state index in [1.807, 2.05) is 0 Å². The van der Waals surface area contributed by atoms with Crippen LogP contribution in [0.5, 0.6) is 23.0 Å². The van der Waals surface area contributed by atoms with Crippen molar-refractivity contribution in [1.82, 2.24) is 0 Å². The van der Waals surface area contributed by atoms with Crippen LogP contribution in [0, 0.1) is 11.8 Å². The summed E-state index contributed by atoms with van der Waals surface area (Å²) in [5.74, 6) is -1.45. The number of aliphatic hydroxyl groups is 1. The molecule has 3 heterocycles. The van der Waals surface area contributed by atoms with Gasteiger partial charge in [0.2, 0.25) is 13.6 Å². The molecule has 0 saturated carbocycles. The first kappa shape index (κ1) is 19.5. The number of hydrogen-bond donors (Lipinski definition) is 1. The number of hydrogen-bond acceptors (Lipinski definition) is 9. The van der Waals surface area contributed by atoms with Gasteiger partial charge in [-0.3, -0.25) is 9.59 Å². The molecule has 31 heavy (non-hydrogen) atoms. The van der Waals surface area contributed by atoms with Gasteiger partial charge in [-0.1, -0.05) is 12.1 Å². The quantitative estimate of drug-likeness (QED) is 0.717. The number of fused-ring (bicyclic) bond motifs is 2. The van der Waals surface area contributed by atoms with Crippen molar-refractivity contribution in [2.45, 2.75) is 19.1 Å². The first-order valence-electron chi connectivity index (χ1n) is 9.91. The molecular weight excluding hydrogens is 408 g/mol. The molecule has 5 rings (SSSR count). The molecule has 0 unspecified atom stereocenters. The van der Waals surface area contributed by atoms with Crippen molar-refractivity contribution in [3.63, 3.8) is 0 Å². The Morgan fingerprint density at radius 1 is 1.03 bits per heavy atom. The SMILES string of the molecule is CCOC(=O)[C@H]1[C@H]([C@@H](O)c2ccc3c(c2)OCO3)C(=O)O[C@H]1c1ccc2c(c1)OCO2. The van der Waals surface area contributed by atoms with E-state index in [0.717, 1.165) is 0 Å². The van der Waals surface area contributed by atoms with Crippen molar-refractivity contribution < 1.29 is 43.1 Å². The molecule has 0 spiro atoms. The highest BCUT2D eigenvalue weighted by atomic mass is 16.7. The first-order chi connectivity index (χ1) is 15.1. The number of carbonyl (C=O) groups is 2. The van der Waals surface area contributed by atoms with Crippen molar-refractivity contribution in [2.24, 2.45) is 11.8 Å². The molecule has 3 aliphatic rings. The largest absolute Gasteiger partial charge is 0.466 e. The number of rotatable bonds is 5. The van der Waals surface area contributed by atoms with Gasteiger partial charge in [0.1, 0.15) is 17.9 Å². The summed E-state index contributed by atoms with van der Waals surface area (Å²) in [5.41, 5.74) is 0.961. The molecule has 0 radical (unpaired) electrons. The van der Waals surface area contributed by atoms with Gasteiger partial charge in [0.15, 0.2) is 23.0 Å². The topological polar surface area (TPSA) is 110 Å². The molecule has 9 heteroatoms. The van der Waals surface area contributed by atoms with Gasteiger partial charge in [0.05, 0.1) is 12.7 Å². The van der Waals surface area contributed by atoms with Crippen LogP contribution in [-0.2, 0) is 19.1 Å². The van der Waals surface area contributed by atoms with E-state index in [1.54, 1.807) is 43.3 Å².